The van der Waals surface area contributed by atoms with Gasteiger partial charge in [0, 0.05) is 16.3 Å². The first kappa shape index (κ1) is 16.0. The van der Waals surface area contributed by atoms with Crippen molar-refractivity contribution in [1.82, 2.24) is 19.1 Å². The fourth-order valence-corrected chi connectivity index (χ4v) is 3.19. The van der Waals surface area contributed by atoms with Crippen molar-refractivity contribution in [3.8, 4) is 22.8 Å². The Morgan fingerprint density at radius 3 is 2.56 bits per heavy atom. The van der Waals surface area contributed by atoms with Crippen molar-refractivity contribution in [3.63, 3.8) is 0 Å². The number of halogens is 1. The van der Waals surface area contributed by atoms with Crippen molar-refractivity contribution >= 4 is 11.6 Å². The average Bonchev–Trinajstić information content (AvgIpc) is 2.95. The molecule has 0 radical (unpaired) electrons. The molecular weight excluding hydrogens is 344 g/mol. The van der Waals surface area contributed by atoms with Gasteiger partial charge in [-0.1, -0.05) is 23.7 Å². The molecule has 7 nitrogen and oxygen atoms in total. The van der Waals surface area contributed by atoms with Crippen molar-refractivity contribution in [1.29, 1.82) is 0 Å². The third-order valence-corrected chi connectivity index (χ3v) is 4.57. The Morgan fingerprint density at radius 1 is 1.16 bits per heavy atom. The van der Waals surface area contributed by atoms with Gasteiger partial charge >= 0.3 is 0 Å². The second-order valence-electron chi connectivity index (χ2n) is 5.93. The van der Waals surface area contributed by atoms with Crippen molar-refractivity contribution in [2.24, 2.45) is 0 Å². The van der Waals surface area contributed by atoms with E-state index < -0.39 is 0 Å². The molecule has 0 amide bonds. The maximum Gasteiger partial charge on any atom is 0.296 e. The third-order valence-electron chi connectivity index (χ3n) is 4.32. The number of benzene rings is 1. The summed E-state index contributed by atoms with van der Waals surface area (Å²) in [6, 6.07) is 9.19. The highest BCUT2D eigenvalue weighted by molar-refractivity contribution is 6.30. The first-order valence-corrected chi connectivity index (χ1v) is 8.37. The van der Waals surface area contributed by atoms with Gasteiger partial charge in [0.2, 0.25) is 5.88 Å². The molecule has 0 unspecified atom stereocenters. The number of nitrogens with zero attached hydrogens (tertiary/aromatic N) is 4. The molecule has 25 heavy (non-hydrogen) atoms. The lowest BCUT2D eigenvalue weighted by molar-refractivity contribution is 0.137. The van der Waals surface area contributed by atoms with Crippen LogP contribution in [0.3, 0.4) is 0 Å². The van der Waals surface area contributed by atoms with Gasteiger partial charge in [-0.15, -0.1) is 0 Å². The van der Waals surface area contributed by atoms with Crippen molar-refractivity contribution < 1.29 is 9.84 Å². The minimum Gasteiger partial charge on any atom is -0.492 e. The predicted octanol–water partition coefficient (Wildman–Crippen LogP) is 2.20. The molecule has 1 aliphatic rings. The number of hydrogen-bond acceptors (Lipinski definition) is 4. The largest absolute Gasteiger partial charge is 0.492 e. The van der Waals surface area contributed by atoms with Crippen LogP contribution >= 0.6 is 11.6 Å². The zero-order valence-electron chi connectivity index (χ0n) is 13.6. The topological polar surface area (TPSA) is 74.2 Å². The highest BCUT2D eigenvalue weighted by atomic mass is 35.5. The lowest BCUT2D eigenvalue weighted by Crippen LogP contribution is -2.24. The first-order chi connectivity index (χ1) is 12.1. The second kappa shape index (κ2) is 6.09. The number of rotatable bonds is 2. The van der Waals surface area contributed by atoms with Gasteiger partial charge in [0.15, 0.2) is 5.69 Å². The Labute approximate surface area is 148 Å². The summed E-state index contributed by atoms with van der Waals surface area (Å²) >= 11 is 5.93. The summed E-state index contributed by atoms with van der Waals surface area (Å²) < 4.78 is 9.91. The number of aromatic nitrogens is 4. The van der Waals surface area contributed by atoms with E-state index in [1.54, 1.807) is 16.8 Å². The quantitative estimate of drug-likeness (QED) is 0.760. The Balaban J connectivity index is 1.84. The van der Waals surface area contributed by atoms with Crippen LogP contribution in [-0.2, 0) is 17.8 Å². The molecule has 3 heterocycles. The summed E-state index contributed by atoms with van der Waals surface area (Å²) in [6.07, 6.45) is 0. The van der Waals surface area contributed by atoms with Gasteiger partial charge in [-0.05, 0) is 25.1 Å². The molecule has 0 saturated carbocycles. The van der Waals surface area contributed by atoms with Crippen molar-refractivity contribution in [2.45, 2.75) is 20.0 Å². The van der Waals surface area contributed by atoms with E-state index in [4.69, 9.17) is 16.3 Å². The molecule has 1 aliphatic heterocycles. The summed E-state index contributed by atoms with van der Waals surface area (Å²) in [5.41, 5.74) is 2.24. The average molecular weight is 361 g/mol. The summed E-state index contributed by atoms with van der Waals surface area (Å²) in [4.78, 5) is 12.8. The zero-order chi connectivity index (χ0) is 17.6. The number of hydrogen-bond donors (Lipinski definition) is 1. The molecule has 0 aliphatic carbocycles. The highest BCUT2D eigenvalue weighted by Crippen LogP contribution is 2.26. The zero-order valence-corrected chi connectivity index (χ0v) is 14.4. The maximum absolute atomic E-state index is 12.8. The van der Waals surface area contributed by atoms with Crippen LogP contribution in [0.25, 0.3) is 16.9 Å². The molecular formula is C17H17ClN4O3. The van der Waals surface area contributed by atoms with Crippen LogP contribution in [-0.4, -0.2) is 37.5 Å². The molecule has 0 atom stereocenters. The van der Waals surface area contributed by atoms with Gasteiger partial charge in [-0.3, -0.25) is 4.79 Å². The van der Waals surface area contributed by atoms with Gasteiger partial charge in [0.05, 0.1) is 32.0 Å². The smallest absolute Gasteiger partial charge is 0.296 e. The van der Waals surface area contributed by atoms with Crippen LogP contribution < -0.4 is 5.56 Å². The molecule has 130 valence electrons. The number of ether oxygens (including phenoxy) is 1. The molecule has 3 aromatic rings. The Bertz CT molecular complexity index is 985. The molecule has 0 saturated heterocycles. The van der Waals surface area contributed by atoms with Crippen LogP contribution in [0.5, 0.6) is 5.88 Å². The Hall–Kier alpha value is -2.51. The summed E-state index contributed by atoms with van der Waals surface area (Å²) in [6.45, 7) is 3.57. The summed E-state index contributed by atoms with van der Waals surface area (Å²) in [5.74, 6) is -0.0932. The predicted molar refractivity (Wildman–Crippen MR) is 93.5 cm³/mol. The fraction of sp³-hybridized carbons (Fsp3) is 0.294. The standard InChI is InChI=1S/C17H17ClN4O3/c1-11-10-14(12-2-4-13(18)5-3-12)19-22(11)15-16(23)20-6-8-25-9-7-21(20)17(15)24/h2-5,10,23H,6-9H2,1H3. The van der Waals surface area contributed by atoms with E-state index in [0.29, 0.717) is 37.0 Å². The molecule has 8 heteroatoms. The van der Waals surface area contributed by atoms with E-state index in [1.807, 2.05) is 25.1 Å². The monoisotopic (exact) mass is 360 g/mol. The normalized spacial score (nSPS) is 14.3. The minimum absolute atomic E-state index is 0.0932. The minimum atomic E-state index is -0.281. The van der Waals surface area contributed by atoms with Gasteiger partial charge in [-0.25, -0.2) is 14.0 Å². The number of fused-ring (bicyclic) bond motifs is 1. The van der Waals surface area contributed by atoms with Crippen molar-refractivity contribution in [3.05, 3.63) is 51.4 Å². The second-order valence-corrected chi connectivity index (χ2v) is 6.36. The highest BCUT2D eigenvalue weighted by Gasteiger charge is 2.24. The molecule has 0 fully saturated rings. The van der Waals surface area contributed by atoms with E-state index >= 15 is 0 Å². The van der Waals surface area contributed by atoms with E-state index in [-0.39, 0.29) is 17.1 Å². The van der Waals surface area contributed by atoms with Gasteiger partial charge in [-0.2, -0.15) is 5.10 Å². The van der Waals surface area contributed by atoms with E-state index in [0.717, 1.165) is 11.3 Å². The molecule has 0 spiro atoms. The Morgan fingerprint density at radius 2 is 1.84 bits per heavy atom. The molecule has 1 aromatic carbocycles. The lowest BCUT2D eigenvalue weighted by Gasteiger charge is -2.05. The molecule has 1 N–H and O–H groups in total. The van der Waals surface area contributed by atoms with Crippen LogP contribution in [0.15, 0.2) is 35.1 Å². The maximum atomic E-state index is 12.8. The summed E-state index contributed by atoms with van der Waals surface area (Å²) in [7, 11) is 0. The lowest BCUT2D eigenvalue weighted by atomic mass is 10.1. The van der Waals surface area contributed by atoms with Crippen molar-refractivity contribution in [2.75, 3.05) is 13.2 Å². The fourth-order valence-electron chi connectivity index (χ4n) is 3.06. The SMILES string of the molecule is Cc1cc(-c2ccc(Cl)cc2)nn1-c1c(O)n2n(c1=O)CCOCC2. The first-order valence-electron chi connectivity index (χ1n) is 7.99. The van der Waals surface area contributed by atoms with Crippen LogP contribution in [0, 0.1) is 6.92 Å². The molecule has 0 bridgehead atoms. The van der Waals surface area contributed by atoms with Crippen LogP contribution in [0.1, 0.15) is 5.69 Å². The number of aromatic hydroxyl groups is 1. The van der Waals surface area contributed by atoms with Crippen LogP contribution in [0.2, 0.25) is 5.02 Å². The van der Waals surface area contributed by atoms with E-state index in [9.17, 15) is 9.90 Å². The Kier molecular flexibility index (Phi) is 3.89. The van der Waals surface area contributed by atoms with Gasteiger partial charge in [0.1, 0.15) is 0 Å². The van der Waals surface area contributed by atoms with Gasteiger partial charge in [0.25, 0.3) is 5.56 Å². The van der Waals surface area contributed by atoms with Gasteiger partial charge < -0.3 is 9.84 Å². The van der Waals surface area contributed by atoms with Crippen LogP contribution in [0.4, 0.5) is 0 Å². The third kappa shape index (κ3) is 2.65. The van der Waals surface area contributed by atoms with E-state index in [2.05, 4.69) is 5.10 Å². The van der Waals surface area contributed by atoms with E-state index in [1.165, 1.54) is 9.36 Å². The molecule has 4 rings (SSSR count). The number of aryl methyl sites for hydroxylation is 1. The summed E-state index contributed by atoms with van der Waals surface area (Å²) in [5, 5.41) is 15.8. The molecule has 2 aromatic heterocycles.